The zero-order chi connectivity index (χ0) is 41.1. The maximum atomic E-state index is 8.97. The second-order valence-electron chi connectivity index (χ2n) is 15.0. The first kappa shape index (κ1) is 29.4. The molecule has 1 heteroatoms. The van der Waals surface area contributed by atoms with Gasteiger partial charge in [0.2, 0.25) is 0 Å². The minimum atomic E-state index is -0.670. The van der Waals surface area contributed by atoms with Crippen molar-refractivity contribution in [2.75, 3.05) is 4.90 Å². The zero-order valence-electron chi connectivity index (χ0n) is 35.3. The van der Waals surface area contributed by atoms with E-state index in [9.17, 15) is 0 Å². The number of nitrogens with zero attached hydrogens (tertiary/aromatic N) is 1. The van der Waals surface area contributed by atoms with Gasteiger partial charge in [0.05, 0.1) is 11.2 Å². The topological polar surface area (TPSA) is 3.24 Å². The summed E-state index contributed by atoms with van der Waals surface area (Å²) >= 11 is 0. The van der Waals surface area contributed by atoms with Gasteiger partial charge in [-0.3, -0.25) is 0 Å². The van der Waals surface area contributed by atoms with Gasteiger partial charge in [0.1, 0.15) is 0 Å². The molecule has 0 heterocycles. The summed E-state index contributed by atoms with van der Waals surface area (Å²) in [5.74, 6) is 0. The number of hydrogen-bond acceptors (Lipinski definition) is 1. The Hall–Kier alpha value is -6.96. The molecule has 0 amide bonds. The van der Waals surface area contributed by atoms with Crippen LogP contribution in [0.1, 0.15) is 30.5 Å². The lowest BCUT2D eigenvalue weighted by molar-refractivity contribution is 0.660. The zero-order valence-corrected chi connectivity index (χ0v) is 31.3. The predicted octanol–water partition coefficient (Wildman–Crippen LogP) is 15.3. The van der Waals surface area contributed by atoms with Crippen LogP contribution in [0.3, 0.4) is 0 Å². The fourth-order valence-corrected chi connectivity index (χ4v) is 8.57. The van der Waals surface area contributed by atoms with Crippen LogP contribution in [-0.4, -0.2) is 0 Å². The first-order valence-corrected chi connectivity index (χ1v) is 19.2. The smallest absolute Gasteiger partial charge is 0.0629 e. The maximum absolute atomic E-state index is 8.97. The molecule has 1 aliphatic carbocycles. The molecule has 0 aliphatic heterocycles. The van der Waals surface area contributed by atoms with Crippen LogP contribution in [0.25, 0.3) is 66.4 Å². The molecule has 56 heavy (non-hydrogen) atoms. The van der Waals surface area contributed by atoms with E-state index >= 15 is 0 Å². The average molecular weight is 720 g/mol. The lowest BCUT2D eigenvalue weighted by Gasteiger charge is -2.30. The van der Waals surface area contributed by atoms with Crippen LogP contribution in [0, 0.1) is 0 Å². The van der Waals surface area contributed by atoms with Gasteiger partial charge >= 0.3 is 0 Å². The second kappa shape index (κ2) is 13.7. The Labute approximate surface area is 335 Å². The minimum absolute atomic E-state index is 0.00439. The molecule has 0 fully saturated rings. The Morgan fingerprint density at radius 1 is 0.393 bits per heavy atom. The van der Waals surface area contributed by atoms with Gasteiger partial charge < -0.3 is 4.90 Å². The molecular weight excluding hydrogens is 675 g/mol. The fraction of sp³-hybridized carbons (Fsp3) is 0.0545. The van der Waals surface area contributed by atoms with Gasteiger partial charge in [0, 0.05) is 22.4 Å². The van der Waals surface area contributed by atoms with Crippen LogP contribution in [0.2, 0.25) is 0 Å². The summed E-state index contributed by atoms with van der Waals surface area (Å²) in [5, 5.41) is 2.40. The molecule has 9 aromatic carbocycles. The van der Waals surface area contributed by atoms with E-state index < -0.39 is 5.41 Å². The first-order chi connectivity index (χ1) is 29.2. The highest BCUT2D eigenvalue weighted by Crippen LogP contribution is 2.51. The number of rotatable bonds is 7. The van der Waals surface area contributed by atoms with Gasteiger partial charge in [-0.05, 0) is 108 Å². The molecule has 1 nitrogen and oxygen atoms in total. The van der Waals surface area contributed by atoms with E-state index in [1.807, 2.05) is 18.2 Å². The van der Waals surface area contributed by atoms with Crippen molar-refractivity contribution in [2.24, 2.45) is 0 Å². The number of anilines is 3. The van der Waals surface area contributed by atoms with Crippen LogP contribution in [0.5, 0.6) is 0 Å². The van der Waals surface area contributed by atoms with Gasteiger partial charge in [-0.1, -0.05) is 190 Å². The maximum Gasteiger partial charge on any atom is 0.0629 e. The van der Waals surface area contributed by atoms with E-state index in [4.69, 9.17) is 5.48 Å². The highest BCUT2D eigenvalue weighted by Gasteiger charge is 2.36. The van der Waals surface area contributed by atoms with E-state index in [1.54, 1.807) is 0 Å². The predicted molar refractivity (Wildman–Crippen MR) is 238 cm³/mol. The largest absolute Gasteiger partial charge is 0.310 e. The van der Waals surface area contributed by atoms with Gasteiger partial charge in [-0.2, -0.15) is 0 Å². The molecule has 0 saturated carbocycles. The molecule has 0 radical (unpaired) electrons. The molecular formula is C55H41N. The van der Waals surface area contributed by atoms with E-state index in [0.29, 0.717) is 11.1 Å². The average Bonchev–Trinajstić information content (AvgIpc) is 3.54. The highest BCUT2D eigenvalue weighted by molar-refractivity contribution is 6.06. The molecule has 0 unspecified atom stereocenters. The molecule has 0 atom stereocenters. The van der Waals surface area contributed by atoms with Gasteiger partial charge in [0.25, 0.3) is 0 Å². The number of fused-ring (bicyclic) bond motifs is 4. The van der Waals surface area contributed by atoms with Crippen molar-refractivity contribution >= 4 is 27.8 Å². The SMILES string of the molecule is [2H]c1c([2H])c([2H])c2c(c1[2H])-c1ccc(N(c3ccc(-c4cccc5cccc(-c6ccccc6)c45)cc3)c3ccc(-c4ccccc4)cc3-c3ccccc3)cc1C2(C)C. The second-order valence-corrected chi connectivity index (χ2v) is 15.0. The minimum Gasteiger partial charge on any atom is -0.310 e. The summed E-state index contributed by atoms with van der Waals surface area (Å²) in [6.45, 7) is 4.14. The molecule has 9 aromatic rings. The van der Waals surface area contributed by atoms with Gasteiger partial charge in [0.15, 0.2) is 0 Å². The Balaban J connectivity index is 1.18. The Morgan fingerprint density at radius 3 is 1.61 bits per heavy atom. The molecule has 0 N–H and O–H groups in total. The third-order valence-corrected chi connectivity index (χ3v) is 11.4. The third kappa shape index (κ3) is 5.72. The normalized spacial score (nSPS) is 13.6. The Kier molecular flexibility index (Phi) is 7.20. The lowest BCUT2D eigenvalue weighted by atomic mass is 9.82. The van der Waals surface area contributed by atoms with Crippen LogP contribution in [0.15, 0.2) is 212 Å². The van der Waals surface area contributed by atoms with Gasteiger partial charge in [-0.25, -0.2) is 0 Å². The van der Waals surface area contributed by atoms with Crippen LogP contribution < -0.4 is 4.90 Å². The monoisotopic (exact) mass is 719 g/mol. The van der Waals surface area contributed by atoms with E-state index in [0.717, 1.165) is 56.0 Å². The van der Waals surface area contributed by atoms with Crippen molar-refractivity contribution in [3.05, 3.63) is 223 Å². The van der Waals surface area contributed by atoms with E-state index in [1.165, 1.54) is 27.5 Å². The standard InChI is InChI=1S/C55H41N/c1-55(2)51-27-13-12-24-48(51)49-34-33-45(37-52(49)55)56(53-35-30-43(38-16-6-3-7-17-38)36-50(53)40-20-10-5-11-21-40)44-31-28-41(29-32-44)47-26-15-23-42-22-14-25-46(54(42)47)39-18-8-4-9-19-39/h3-37H,1-2H3/i12D,13D,24D,27D. The molecule has 10 rings (SSSR count). The molecule has 0 bridgehead atoms. The summed E-state index contributed by atoms with van der Waals surface area (Å²) in [5.41, 5.74) is 14.4. The Bertz CT molecular complexity index is 3080. The fourth-order valence-electron chi connectivity index (χ4n) is 8.57. The van der Waals surface area contributed by atoms with E-state index in [-0.39, 0.29) is 24.2 Å². The van der Waals surface area contributed by atoms with Crippen molar-refractivity contribution < 1.29 is 5.48 Å². The molecule has 0 spiro atoms. The van der Waals surface area contributed by atoms with Crippen molar-refractivity contribution in [2.45, 2.75) is 19.3 Å². The molecule has 0 aromatic heterocycles. The summed E-state index contributed by atoms with van der Waals surface area (Å²) in [4.78, 5) is 2.31. The number of benzene rings is 9. The lowest BCUT2D eigenvalue weighted by Crippen LogP contribution is -2.17. The Morgan fingerprint density at radius 2 is 0.946 bits per heavy atom. The third-order valence-electron chi connectivity index (χ3n) is 11.4. The van der Waals surface area contributed by atoms with Crippen LogP contribution in [0.4, 0.5) is 17.1 Å². The van der Waals surface area contributed by atoms with Crippen molar-refractivity contribution in [1.82, 2.24) is 0 Å². The van der Waals surface area contributed by atoms with Gasteiger partial charge in [-0.15, -0.1) is 0 Å². The van der Waals surface area contributed by atoms with Crippen LogP contribution in [-0.2, 0) is 5.41 Å². The molecule has 1 aliphatic rings. The molecule has 266 valence electrons. The first-order valence-electron chi connectivity index (χ1n) is 21.2. The number of hydrogen-bond donors (Lipinski definition) is 0. The summed E-state index contributed by atoms with van der Waals surface area (Å²) in [7, 11) is 0. The summed E-state index contributed by atoms with van der Waals surface area (Å²) in [6, 6.07) is 66.1. The summed E-state index contributed by atoms with van der Waals surface area (Å²) in [6.07, 6.45) is 0. The van der Waals surface area contributed by atoms with Crippen molar-refractivity contribution in [3.8, 4) is 55.6 Å². The van der Waals surface area contributed by atoms with Crippen molar-refractivity contribution in [3.63, 3.8) is 0 Å². The van der Waals surface area contributed by atoms with Crippen molar-refractivity contribution in [1.29, 1.82) is 0 Å². The quantitative estimate of drug-likeness (QED) is 0.159. The highest BCUT2D eigenvalue weighted by atomic mass is 15.1. The summed E-state index contributed by atoms with van der Waals surface area (Å²) < 4.78 is 35.0. The molecule has 0 saturated heterocycles. The van der Waals surface area contributed by atoms with Crippen LogP contribution >= 0.6 is 0 Å². The van der Waals surface area contributed by atoms with E-state index in [2.05, 4.69) is 189 Å².